The predicted octanol–water partition coefficient (Wildman–Crippen LogP) is 13.2. The molecule has 0 bridgehead atoms. The molecule has 48 heavy (non-hydrogen) atoms. The average Bonchev–Trinajstić information content (AvgIpc) is 3.59. The summed E-state index contributed by atoms with van der Waals surface area (Å²) >= 11 is 0. The van der Waals surface area contributed by atoms with Gasteiger partial charge in [0.15, 0.2) is 0 Å². The predicted molar refractivity (Wildman–Crippen MR) is 202 cm³/mol. The van der Waals surface area contributed by atoms with Gasteiger partial charge in [-0.05, 0) is 81.7 Å². The Labute approximate surface area is 285 Å². The molecule has 0 amide bonds. The zero-order valence-corrected chi connectivity index (χ0v) is 25.9. The number of rotatable bonds is 6. The molecule has 0 fully saturated rings. The van der Waals surface area contributed by atoms with Crippen molar-refractivity contribution in [3.05, 3.63) is 188 Å². The molecule has 2 heteroatoms. The largest absolute Gasteiger partial charge is 0.455 e. The maximum Gasteiger partial charge on any atom is 0.143 e. The fourth-order valence-corrected chi connectivity index (χ4v) is 6.69. The Morgan fingerprint density at radius 2 is 1.08 bits per heavy atom. The highest BCUT2D eigenvalue weighted by Crippen LogP contribution is 2.45. The number of para-hydroxylation sites is 2. The number of benzene rings is 8. The molecule has 0 spiro atoms. The summed E-state index contributed by atoms with van der Waals surface area (Å²) in [5.41, 5.74) is 7.83. The van der Waals surface area contributed by atoms with Crippen molar-refractivity contribution in [1.82, 2.24) is 0 Å². The molecular formula is C46H31NO. The van der Waals surface area contributed by atoms with E-state index in [0.717, 1.165) is 60.7 Å². The Balaban J connectivity index is 1.27. The van der Waals surface area contributed by atoms with E-state index in [1.165, 1.54) is 0 Å². The van der Waals surface area contributed by atoms with Crippen LogP contribution < -0.4 is 4.90 Å². The van der Waals surface area contributed by atoms with E-state index in [-0.39, 0.29) is 35.4 Å². The third kappa shape index (κ3) is 4.83. The van der Waals surface area contributed by atoms with Gasteiger partial charge in [-0.15, -0.1) is 0 Å². The number of furan rings is 1. The first-order chi connectivity index (χ1) is 25.5. The zero-order valence-electron chi connectivity index (χ0n) is 29.9. The van der Waals surface area contributed by atoms with Crippen molar-refractivity contribution in [2.45, 2.75) is 0 Å². The first kappa shape index (κ1) is 23.9. The quantitative estimate of drug-likeness (QED) is 0.185. The summed E-state index contributed by atoms with van der Waals surface area (Å²) in [6.45, 7) is 0. The first-order valence-corrected chi connectivity index (χ1v) is 16.0. The van der Waals surface area contributed by atoms with Gasteiger partial charge in [-0.2, -0.15) is 0 Å². The summed E-state index contributed by atoms with van der Waals surface area (Å²) < 4.78 is 44.2. The van der Waals surface area contributed by atoms with E-state index < -0.39 is 0 Å². The van der Waals surface area contributed by atoms with Crippen molar-refractivity contribution >= 4 is 49.8 Å². The Kier molecular flexibility index (Phi) is 5.85. The Bertz CT molecular complexity index is 2760. The van der Waals surface area contributed by atoms with Crippen LogP contribution in [0.3, 0.4) is 0 Å². The van der Waals surface area contributed by atoms with Crippen LogP contribution >= 0.6 is 0 Å². The molecule has 0 unspecified atom stereocenters. The van der Waals surface area contributed by atoms with Crippen LogP contribution in [0.15, 0.2) is 192 Å². The highest BCUT2D eigenvalue weighted by Gasteiger charge is 2.20. The number of anilines is 3. The molecule has 2 nitrogen and oxygen atoms in total. The van der Waals surface area contributed by atoms with Crippen LogP contribution in [0.4, 0.5) is 17.1 Å². The number of hydrogen-bond donors (Lipinski definition) is 0. The monoisotopic (exact) mass is 617 g/mol. The Hall–Kier alpha value is -6.38. The average molecular weight is 618 g/mol. The molecule has 0 atom stereocenters. The SMILES string of the molecule is [2H]c1c([2H])c(N(c2ccccc2)c2ccccc2-c2cccc3oc4c5ccccc5ccc4c23)c([2H])c([2H])c1-c1cccc(-c2ccccc2)c1. The van der Waals surface area contributed by atoms with Crippen LogP contribution in [0.5, 0.6) is 0 Å². The third-order valence-electron chi connectivity index (χ3n) is 8.93. The van der Waals surface area contributed by atoms with Crippen molar-refractivity contribution in [3.8, 4) is 33.4 Å². The lowest BCUT2D eigenvalue weighted by Crippen LogP contribution is -2.11. The molecule has 0 radical (unpaired) electrons. The summed E-state index contributed by atoms with van der Waals surface area (Å²) in [5.74, 6) is 0. The molecule has 1 aromatic heterocycles. The van der Waals surface area contributed by atoms with Gasteiger partial charge in [-0.25, -0.2) is 0 Å². The van der Waals surface area contributed by atoms with Gasteiger partial charge in [-0.1, -0.05) is 139 Å². The lowest BCUT2D eigenvalue weighted by atomic mass is 9.96. The second kappa shape index (κ2) is 11.8. The lowest BCUT2D eigenvalue weighted by Gasteiger charge is -2.28. The Morgan fingerprint density at radius 1 is 0.438 bits per heavy atom. The van der Waals surface area contributed by atoms with Crippen LogP contribution in [-0.2, 0) is 0 Å². The van der Waals surface area contributed by atoms with E-state index in [9.17, 15) is 5.48 Å². The first-order valence-electron chi connectivity index (χ1n) is 18.0. The van der Waals surface area contributed by atoms with Crippen LogP contribution in [0.2, 0.25) is 0 Å². The van der Waals surface area contributed by atoms with Crippen LogP contribution in [0, 0.1) is 0 Å². The normalized spacial score (nSPS) is 12.5. The molecule has 9 rings (SSSR count). The highest BCUT2D eigenvalue weighted by molar-refractivity contribution is 6.19. The van der Waals surface area contributed by atoms with Crippen LogP contribution in [0.1, 0.15) is 5.48 Å². The minimum absolute atomic E-state index is 0.102. The van der Waals surface area contributed by atoms with Crippen molar-refractivity contribution in [1.29, 1.82) is 0 Å². The van der Waals surface area contributed by atoms with Gasteiger partial charge in [0, 0.05) is 33.1 Å². The minimum Gasteiger partial charge on any atom is -0.455 e. The Morgan fingerprint density at radius 3 is 1.92 bits per heavy atom. The summed E-state index contributed by atoms with van der Waals surface area (Å²) in [6, 6.07) is 53.2. The minimum atomic E-state index is -0.127. The van der Waals surface area contributed by atoms with E-state index >= 15 is 0 Å². The topological polar surface area (TPSA) is 16.4 Å². The second-order valence-corrected chi connectivity index (χ2v) is 11.8. The van der Waals surface area contributed by atoms with Crippen LogP contribution in [-0.4, -0.2) is 0 Å². The van der Waals surface area contributed by atoms with E-state index in [4.69, 9.17) is 4.42 Å². The lowest BCUT2D eigenvalue weighted by molar-refractivity contribution is 0.673. The number of nitrogens with zero attached hydrogens (tertiary/aromatic N) is 1. The van der Waals surface area contributed by atoms with Gasteiger partial charge >= 0.3 is 0 Å². The maximum atomic E-state index is 9.49. The molecule has 0 aliphatic heterocycles. The summed E-state index contributed by atoms with van der Waals surface area (Å²) in [6.07, 6.45) is 0. The molecule has 0 saturated heterocycles. The van der Waals surface area contributed by atoms with Crippen molar-refractivity contribution in [2.24, 2.45) is 0 Å². The molecule has 0 saturated carbocycles. The maximum absolute atomic E-state index is 9.49. The van der Waals surface area contributed by atoms with Gasteiger partial charge in [0.05, 0.1) is 11.2 Å². The number of fused-ring (bicyclic) bond motifs is 5. The van der Waals surface area contributed by atoms with Gasteiger partial charge in [-0.3, -0.25) is 0 Å². The second-order valence-electron chi connectivity index (χ2n) is 11.8. The molecule has 0 N–H and O–H groups in total. The summed E-state index contributed by atoms with van der Waals surface area (Å²) in [7, 11) is 0. The van der Waals surface area contributed by atoms with Crippen LogP contribution in [0.25, 0.3) is 66.1 Å². The molecule has 8 aromatic carbocycles. The fraction of sp³-hybridized carbons (Fsp3) is 0. The van der Waals surface area contributed by atoms with Crippen molar-refractivity contribution < 1.29 is 9.90 Å². The fourth-order valence-electron chi connectivity index (χ4n) is 6.69. The van der Waals surface area contributed by atoms with E-state index in [1.54, 1.807) is 0 Å². The molecular weight excluding hydrogens is 583 g/mol. The van der Waals surface area contributed by atoms with E-state index in [2.05, 4.69) is 30.3 Å². The smallest absolute Gasteiger partial charge is 0.143 e. The third-order valence-corrected chi connectivity index (χ3v) is 8.93. The van der Waals surface area contributed by atoms with Gasteiger partial charge in [0.25, 0.3) is 0 Å². The number of hydrogen-bond acceptors (Lipinski definition) is 2. The molecule has 0 aliphatic rings. The van der Waals surface area contributed by atoms with E-state index in [1.807, 2.05) is 138 Å². The van der Waals surface area contributed by atoms with Crippen molar-refractivity contribution in [3.63, 3.8) is 0 Å². The van der Waals surface area contributed by atoms with Gasteiger partial charge in [0.1, 0.15) is 11.2 Å². The molecule has 1 heterocycles. The molecule has 9 aromatic rings. The summed E-state index contributed by atoms with van der Waals surface area (Å²) in [5, 5.41) is 4.11. The standard InChI is InChI=1S/C46H31NO/c1-3-13-32(14-4-1)35-16-11-17-36(31-35)33-25-28-38(29-26-33)47(37-18-5-2-6-19-37)43-23-10-9-21-40(43)41-22-12-24-44-45(41)42-30-27-34-15-7-8-20-39(34)46(42)48-44/h1-31H/i25D,26D,28D,29D. The highest BCUT2D eigenvalue weighted by atomic mass is 16.3. The van der Waals surface area contributed by atoms with Crippen molar-refractivity contribution in [2.75, 3.05) is 4.90 Å². The van der Waals surface area contributed by atoms with E-state index in [0.29, 0.717) is 11.3 Å². The molecule has 0 aliphatic carbocycles. The van der Waals surface area contributed by atoms with Gasteiger partial charge in [0.2, 0.25) is 0 Å². The summed E-state index contributed by atoms with van der Waals surface area (Å²) in [4.78, 5) is 1.86. The molecule has 226 valence electrons. The zero-order chi connectivity index (χ0) is 35.3. The van der Waals surface area contributed by atoms with Gasteiger partial charge < -0.3 is 9.32 Å².